The van der Waals surface area contributed by atoms with Crippen molar-refractivity contribution in [2.75, 3.05) is 0 Å². The van der Waals surface area contributed by atoms with E-state index in [4.69, 9.17) is 0 Å². The Balaban J connectivity index is 0.000000848. The van der Waals surface area contributed by atoms with Crippen LogP contribution in [0.5, 0.6) is 0 Å². The second-order valence-corrected chi connectivity index (χ2v) is 11.4. The summed E-state index contributed by atoms with van der Waals surface area (Å²) in [6.45, 7) is 4.00. The molecule has 0 heterocycles. The van der Waals surface area contributed by atoms with E-state index < -0.39 is 0 Å². The Morgan fingerprint density at radius 3 is 2.39 bits per heavy atom. The number of aliphatic hydroxyl groups is 1. The van der Waals surface area contributed by atoms with Crippen molar-refractivity contribution in [2.45, 2.75) is 77.2 Å². The fraction of sp³-hybridized carbons (Fsp3) is 0.441. The van der Waals surface area contributed by atoms with Crippen molar-refractivity contribution in [2.24, 2.45) is 17.3 Å². The van der Waals surface area contributed by atoms with Gasteiger partial charge in [-0.1, -0.05) is 67.1 Å². The summed E-state index contributed by atoms with van der Waals surface area (Å²) in [4.78, 5) is 12.2. The third-order valence-corrected chi connectivity index (χ3v) is 9.31. The fourth-order valence-electron chi connectivity index (χ4n) is 7.63. The molecule has 2 aromatic rings. The van der Waals surface area contributed by atoms with E-state index in [1.54, 1.807) is 12.5 Å². The summed E-state index contributed by atoms with van der Waals surface area (Å²) < 4.78 is 0. The maximum atomic E-state index is 12.2. The van der Waals surface area contributed by atoms with E-state index in [0.717, 1.165) is 44.9 Å². The van der Waals surface area contributed by atoms with Gasteiger partial charge in [-0.05, 0) is 103 Å². The van der Waals surface area contributed by atoms with Gasteiger partial charge < -0.3 is 5.11 Å². The molecule has 0 aliphatic heterocycles. The molecule has 5 atom stereocenters. The van der Waals surface area contributed by atoms with Crippen molar-refractivity contribution in [1.29, 1.82) is 0 Å². The van der Waals surface area contributed by atoms with E-state index in [1.807, 2.05) is 6.08 Å². The standard InChI is InChI=1S/C31H34O2.C3H4/c1-31-19-27(22-9-7-21(8-10-22)17-20-5-3-2-4-6-20)30-25-14-12-24(32)18-23(25)11-13-26(30)28(31)15-16-29(31)33;1-3-2/h2-10,18,26-29,33H,11-17,19H2,1H3;1H,2H3/t26?,27-,28?,29?,31?;/m1./s1. The summed E-state index contributed by atoms with van der Waals surface area (Å²) in [5.41, 5.74) is 8.48. The first-order valence-electron chi connectivity index (χ1n) is 13.6. The zero-order chi connectivity index (χ0) is 25.3. The predicted molar refractivity (Wildman–Crippen MR) is 146 cm³/mol. The van der Waals surface area contributed by atoms with Gasteiger partial charge in [0.1, 0.15) is 0 Å². The lowest BCUT2D eigenvalue weighted by atomic mass is 9.53. The quantitative estimate of drug-likeness (QED) is 0.475. The number of terminal acetylenes is 1. The molecule has 1 N–H and O–H groups in total. The molecule has 4 aliphatic rings. The van der Waals surface area contributed by atoms with Gasteiger partial charge in [-0.3, -0.25) is 4.79 Å². The third kappa shape index (κ3) is 4.51. The van der Waals surface area contributed by atoms with Crippen LogP contribution in [-0.2, 0) is 11.2 Å². The Morgan fingerprint density at radius 2 is 1.67 bits per heavy atom. The number of carbonyl (C=O) groups excluding carboxylic acids is 1. The normalized spacial score (nSPS) is 30.7. The SMILES string of the molecule is C#CC.CC12C[C@H](c3ccc(Cc4ccccc4)cc3)C3=C4CCC(=O)C=C4CCC3C1CCC2O. The summed E-state index contributed by atoms with van der Waals surface area (Å²) in [5, 5.41) is 11.0. The molecular formula is C34H38O2. The number of fused-ring (bicyclic) bond motifs is 4. The van der Waals surface area contributed by atoms with E-state index in [2.05, 4.69) is 73.9 Å². The van der Waals surface area contributed by atoms with Crippen LogP contribution in [0.2, 0.25) is 0 Å². The summed E-state index contributed by atoms with van der Waals surface area (Å²) in [6.07, 6.45) is 14.1. The van der Waals surface area contributed by atoms with Crippen molar-refractivity contribution in [3.63, 3.8) is 0 Å². The summed E-state index contributed by atoms with van der Waals surface area (Å²) in [5.74, 6) is 4.02. The zero-order valence-electron chi connectivity index (χ0n) is 21.7. The van der Waals surface area contributed by atoms with E-state index in [1.165, 1.54) is 27.8 Å². The van der Waals surface area contributed by atoms with Crippen molar-refractivity contribution in [3.8, 4) is 12.3 Å². The molecule has 0 amide bonds. The van der Waals surface area contributed by atoms with Crippen LogP contribution in [0.15, 0.2) is 77.4 Å². The summed E-state index contributed by atoms with van der Waals surface area (Å²) in [6, 6.07) is 19.9. The molecule has 2 fully saturated rings. The van der Waals surface area contributed by atoms with Gasteiger partial charge in [-0.15, -0.1) is 12.3 Å². The molecule has 0 spiro atoms. The van der Waals surface area contributed by atoms with Crippen LogP contribution >= 0.6 is 0 Å². The van der Waals surface area contributed by atoms with E-state index >= 15 is 0 Å². The molecule has 2 nitrogen and oxygen atoms in total. The number of ketones is 1. The van der Waals surface area contributed by atoms with Crippen molar-refractivity contribution in [1.82, 2.24) is 0 Å². The molecule has 0 aromatic heterocycles. The molecule has 0 saturated heterocycles. The molecule has 4 unspecified atom stereocenters. The molecule has 2 heteroatoms. The number of rotatable bonds is 3. The average Bonchev–Trinajstić information content (AvgIpc) is 3.19. The number of hydrogen-bond donors (Lipinski definition) is 1. The van der Waals surface area contributed by atoms with Gasteiger partial charge in [-0.25, -0.2) is 0 Å². The van der Waals surface area contributed by atoms with Crippen LogP contribution in [-0.4, -0.2) is 17.0 Å². The molecule has 6 rings (SSSR count). The predicted octanol–water partition coefficient (Wildman–Crippen LogP) is 7.18. The molecule has 186 valence electrons. The van der Waals surface area contributed by atoms with Crippen LogP contribution in [0.3, 0.4) is 0 Å². The Hall–Kier alpha value is -2.89. The van der Waals surface area contributed by atoms with Gasteiger partial charge in [-0.2, -0.15) is 0 Å². The summed E-state index contributed by atoms with van der Waals surface area (Å²) in [7, 11) is 0. The Kier molecular flexibility index (Phi) is 7.05. The molecule has 4 aliphatic carbocycles. The second kappa shape index (κ2) is 10.2. The van der Waals surface area contributed by atoms with Gasteiger partial charge in [0, 0.05) is 12.3 Å². The third-order valence-electron chi connectivity index (χ3n) is 9.31. The summed E-state index contributed by atoms with van der Waals surface area (Å²) >= 11 is 0. The first-order valence-corrected chi connectivity index (χ1v) is 13.6. The van der Waals surface area contributed by atoms with E-state index in [9.17, 15) is 9.90 Å². The van der Waals surface area contributed by atoms with Crippen LogP contribution < -0.4 is 0 Å². The Morgan fingerprint density at radius 1 is 0.972 bits per heavy atom. The Bertz CT molecular complexity index is 1210. The van der Waals surface area contributed by atoms with Crippen LogP contribution in [0.1, 0.15) is 81.4 Å². The van der Waals surface area contributed by atoms with Crippen molar-refractivity contribution >= 4 is 5.78 Å². The first kappa shape index (κ1) is 24.8. The van der Waals surface area contributed by atoms with Crippen LogP contribution in [0.25, 0.3) is 0 Å². The minimum Gasteiger partial charge on any atom is -0.393 e. The van der Waals surface area contributed by atoms with Gasteiger partial charge >= 0.3 is 0 Å². The van der Waals surface area contributed by atoms with Crippen LogP contribution in [0, 0.1) is 29.6 Å². The monoisotopic (exact) mass is 478 g/mol. The second-order valence-electron chi connectivity index (χ2n) is 11.4. The zero-order valence-corrected chi connectivity index (χ0v) is 21.7. The fourth-order valence-corrected chi connectivity index (χ4v) is 7.63. The van der Waals surface area contributed by atoms with Gasteiger partial charge in [0.15, 0.2) is 5.78 Å². The van der Waals surface area contributed by atoms with Crippen molar-refractivity contribution in [3.05, 3.63) is 94.1 Å². The topological polar surface area (TPSA) is 37.3 Å². The molecular weight excluding hydrogens is 440 g/mol. The van der Waals surface area contributed by atoms with Gasteiger partial charge in [0.05, 0.1) is 6.10 Å². The van der Waals surface area contributed by atoms with Gasteiger partial charge in [0.2, 0.25) is 0 Å². The van der Waals surface area contributed by atoms with Crippen molar-refractivity contribution < 1.29 is 9.90 Å². The highest BCUT2D eigenvalue weighted by molar-refractivity contribution is 5.93. The Labute approximate surface area is 216 Å². The number of hydrogen-bond acceptors (Lipinski definition) is 2. The highest BCUT2D eigenvalue weighted by Crippen LogP contribution is 2.63. The number of allylic oxidation sites excluding steroid dienone is 4. The molecule has 2 saturated carbocycles. The van der Waals surface area contributed by atoms with Crippen LogP contribution in [0.4, 0.5) is 0 Å². The average molecular weight is 479 g/mol. The lowest BCUT2D eigenvalue weighted by molar-refractivity contribution is -0.114. The molecule has 2 aromatic carbocycles. The minimum atomic E-state index is -0.196. The number of carbonyl (C=O) groups is 1. The maximum Gasteiger partial charge on any atom is 0.156 e. The number of benzene rings is 2. The minimum absolute atomic E-state index is 0.00614. The smallest absolute Gasteiger partial charge is 0.156 e. The molecule has 0 bridgehead atoms. The lowest BCUT2D eigenvalue weighted by Crippen LogP contribution is -2.45. The van der Waals surface area contributed by atoms with E-state index in [0.29, 0.717) is 30.0 Å². The van der Waals surface area contributed by atoms with Gasteiger partial charge in [0.25, 0.3) is 0 Å². The highest BCUT2D eigenvalue weighted by atomic mass is 16.3. The largest absolute Gasteiger partial charge is 0.393 e. The number of aliphatic hydroxyl groups excluding tert-OH is 1. The van der Waals surface area contributed by atoms with E-state index in [-0.39, 0.29) is 11.5 Å². The maximum absolute atomic E-state index is 12.2. The molecule has 0 radical (unpaired) electrons. The lowest BCUT2D eigenvalue weighted by Gasteiger charge is -2.52. The first-order chi connectivity index (χ1) is 17.4. The highest BCUT2D eigenvalue weighted by Gasteiger charge is 2.56. The molecule has 36 heavy (non-hydrogen) atoms.